The van der Waals surface area contributed by atoms with Gasteiger partial charge in [0.05, 0.1) is 12.2 Å². The average Bonchev–Trinajstić information content (AvgIpc) is 2.87. The van der Waals surface area contributed by atoms with E-state index in [1.807, 2.05) is 16.9 Å². The third-order valence-electron chi connectivity index (χ3n) is 3.07. The molecule has 0 aliphatic rings. The van der Waals surface area contributed by atoms with Gasteiger partial charge in [-0.1, -0.05) is 19.9 Å². The highest BCUT2D eigenvalue weighted by molar-refractivity contribution is 5.19. The molecule has 5 heteroatoms. The van der Waals surface area contributed by atoms with Gasteiger partial charge in [0.2, 0.25) is 0 Å². The SMILES string of the molecule is CCCn1ncnc1CNCc1ncccc1CC. The Kier molecular flexibility index (Phi) is 5.03. The van der Waals surface area contributed by atoms with Crippen molar-refractivity contribution < 1.29 is 0 Å². The number of rotatable bonds is 7. The van der Waals surface area contributed by atoms with Gasteiger partial charge >= 0.3 is 0 Å². The topological polar surface area (TPSA) is 55.6 Å². The second-order valence-corrected chi connectivity index (χ2v) is 4.47. The van der Waals surface area contributed by atoms with Crippen LogP contribution in [0.2, 0.25) is 0 Å². The monoisotopic (exact) mass is 259 g/mol. The smallest absolute Gasteiger partial charge is 0.140 e. The lowest BCUT2D eigenvalue weighted by atomic mass is 10.1. The Morgan fingerprint density at radius 1 is 1.21 bits per heavy atom. The van der Waals surface area contributed by atoms with E-state index in [1.165, 1.54) is 5.56 Å². The molecule has 0 saturated carbocycles. The maximum Gasteiger partial charge on any atom is 0.140 e. The Labute approximate surface area is 114 Å². The van der Waals surface area contributed by atoms with Crippen molar-refractivity contribution in [3.05, 3.63) is 41.7 Å². The Balaban J connectivity index is 1.91. The lowest BCUT2D eigenvalue weighted by Crippen LogP contribution is -2.18. The summed E-state index contributed by atoms with van der Waals surface area (Å²) < 4.78 is 1.95. The van der Waals surface area contributed by atoms with Crippen LogP contribution < -0.4 is 5.32 Å². The molecule has 0 saturated heterocycles. The van der Waals surface area contributed by atoms with E-state index in [1.54, 1.807) is 6.33 Å². The average molecular weight is 259 g/mol. The van der Waals surface area contributed by atoms with Crippen molar-refractivity contribution in [3.8, 4) is 0 Å². The molecule has 0 spiro atoms. The minimum Gasteiger partial charge on any atom is -0.304 e. The zero-order valence-corrected chi connectivity index (χ0v) is 11.6. The maximum absolute atomic E-state index is 4.42. The van der Waals surface area contributed by atoms with Crippen LogP contribution >= 0.6 is 0 Å². The van der Waals surface area contributed by atoms with Crippen LogP contribution in [-0.2, 0) is 26.1 Å². The van der Waals surface area contributed by atoms with Gasteiger partial charge in [-0.15, -0.1) is 0 Å². The van der Waals surface area contributed by atoms with Crippen LogP contribution in [0, 0.1) is 0 Å². The molecule has 1 N–H and O–H groups in total. The van der Waals surface area contributed by atoms with Crippen molar-refractivity contribution in [2.24, 2.45) is 0 Å². The molecular formula is C14H21N5. The van der Waals surface area contributed by atoms with E-state index in [4.69, 9.17) is 0 Å². The Morgan fingerprint density at radius 2 is 2.11 bits per heavy atom. The van der Waals surface area contributed by atoms with E-state index in [-0.39, 0.29) is 0 Å². The number of pyridine rings is 1. The van der Waals surface area contributed by atoms with Crippen LogP contribution in [0.4, 0.5) is 0 Å². The summed E-state index contributed by atoms with van der Waals surface area (Å²) in [5.74, 6) is 0.982. The van der Waals surface area contributed by atoms with Gasteiger partial charge in [-0.25, -0.2) is 9.67 Å². The number of hydrogen-bond donors (Lipinski definition) is 1. The lowest BCUT2D eigenvalue weighted by molar-refractivity contribution is 0.540. The molecule has 2 rings (SSSR count). The number of hydrogen-bond acceptors (Lipinski definition) is 4. The molecule has 102 valence electrons. The van der Waals surface area contributed by atoms with Crippen LogP contribution in [0.15, 0.2) is 24.7 Å². The summed E-state index contributed by atoms with van der Waals surface area (Å²) in [4.78, 5) is 8.70. The first kappa shape index (κ1) is 13.7. The first-order chi connectivity index (χ1) is 9.35. The third kappa shape index (κ3) is 3.61. The first-order valence-electron chi connectivity index (χ1n) is 6.85. The fourth-order valence-electron chi connectivity index (χ4n) is 2.07. The Bertz CT molecular complexity index is 506. The van der Waals surface area contributed by atoms with Crippen LogP contribution in [0.25, 0.3) is 0 Å². The minimum atomic E-state index is 0.722. The molecule has 2 heterocycles. The van der Waals surface area contributed by atoms with Gasteiger partial charge in [0.15, 0.2) is 0 Å². The fourth-order valence-corrected chi connectivity index (χ4v) is 2.07. The van der Waals surface area contributed by atoms with Crippen molar-refractivity contribution in [2.75, 3.05) is 0 Å². The van der Waals surface area contributed by atoms with Crippen LogP contribution in [0.3, 0.4) is 0 Å². The van der Waals surface area contributed by atoms with Gasteiger partial charge in [-0.3, -0.25) is 4.98 Å². The Hall–Kier alpha value is -1.75. The molecule has 5 nitrogen and oxygen atoms in total. The Morgan fingerprint density at radius 3 is 2.89 bits per heavy atom. The van der Waals surface area contributed by atoms with Crippen LogP contribution in [0.1, 0.15) is 37.4 Å². The van der Waals surface area contributed by atoms with E-state index in [0.717, 1.165) is 44.0 Å². The lowest BCUT2D eigenvalue weighted by Gasteiger charge is -2.08. The number of nitrogens with one attached hydrogen (secondary N) is 1. The molecule has 0 aliphatic carbocycles. The number of nitrogens with zero attached hydrogens (tertiary/aromatic N) is 4. The second kappa shape index (κ2) is 6.99. The molecule has 2 aromatic heterocycles. The maximum atomic E-state index is 4.42. The highest BCUT2D eigenvalue weighted by Crippen LogP contribution is 2.06. The van der Waals surface area contributed by atoms with Crippen molar-refractivity contribution >= 4 is 0 Å². The van der Waals surface area contributed by atoms with E-state index < -0.39 is 0 Å². The zero-order chi connectivity index (χ0) is 13.5. The minimum absolute atomic E-state index is 0.722. The highest BCUT2D eigenvalue weighted by atomic mass is 15.3. The molecule has 19 heavy (non-hydrogen) atoms. The summed E-state index contributed by atoms with van der Waals surface area (Å²) in [5.41, 5.74) is 2.41. The molecule has 0 aliphatic heterocycles. The molecule has 0 unspecified atom stereocenters. The first-order valence-corrected chi connectivity index (χ1v) is 6.85. The standard InChI is InChI=1S/C14H21N5/c1-3-8-19-14(17-11-18-19)10-15-9-13-12(4-2)6-5-7-16-13/h5-7,11,15H,3-4,8-10H2,1-2H3. The predicted molar refractivity (Wildman–Crippen MR) is 74.5 cm³/mol. The van der Waals surface area contributed by atoms with Crippen molar-refractivity contribution in [1.82, 2.24) is 25.1 Å². The summed E-state index contributed by atoms with van der Waals surface area (Å²) >= 11 is 0. The van der Waals surface area contributed by atoms with Gasteiger partial charge in [-0.05, 0) is 24.5 Å². The summed E-state index contributed by atoms with van der Waals surface area (Å²) in [7, 11) is 0. The van der Waals surface area contributed by atoms with Crippen LogP contribution in [-0.4, -0.2) is 19.7 Å². The molecule has 0 amide bonds. The summed E-state index contributed by atoms with van der Waals surface area (Å²) in [6.07, 6.45) is 5.54. The molecule has 0 radical (unpaired) electrons. The van der Waals surface area contributed by atoms with E-state index >= 15 is 0 Å². The third-order valence-corrected chi connectivity index (χ3v) is 3.07. The molecule has 0 bridgehead atoms. The van der Waals surface area contributed by atoms with Gasteiger partial charge in [0, 0.05) is 19.3 Å². The van der Waals surface area contributed by atoms with Gasteiger partial charge in [0.25, 0.3) is 0 Å². The van der Waals surface area contributed by atoms with Crippen molar-refractivity contribution in [2.45, 2.75) is 46.3 Å². The van der Waals surface area contributed by atoms with Gasteiger partial charge < -0.3 is 5.32 Å². The summed E-state index contributed by atoms with van der Waals surface area (Å²) in [6.45, 7) is 6.70. The molecular weight excluding hydrogens is 238 g/mol. The predicted octanol–water partition coefficient (Wildman–Crippen LogP) is 1.94. The summed E-state index contributed by atoms with van der Waals surface area (Å²) in [5, 5.41) is 7.61. The van der Waals surface area contributed by atoms with E-state index in [0.29, 0.717) is 0 Å². The normalized spacial score (nSPS) is 10.8. The molecule has 2 aromatic rings. The van der Waals surface area contributed by atoms with E-state index in [9.17, 15) is 0 Å². The largest absolute Gasteiger partial charge is 0.304 e. The number of aryl methyl sites for hydroxylation is 2. The second-order valence-electron chi connectivity index (χ2n) is 4.47. The molecule has 0 fully saturated rings. The summed E-state index contributed by atoms with van der Waals surface area (Å²) in [6, 6.07) is 4.11. The van der Waals surface area contributed by atoms with Crippen LogP contribution in [0.5, 0.6) is 0 Å². The van der Waals surface area contributed by atoms with E-state index in [2.05, 4.69) is 40.3 Å². The van der Waals surface area contributed by atoms with Gasteiger partial charge in [-0.2, -0.15) is 5.10 Å². The highest BCUT2D eigenvalue weighted by Gasteiger charge is 2.04. The van der Waals surface area contributed by atoms with Crippen molar-refractivity contribution in [1.29, 1.82) is 0 Å². The quantitative estimate of drug-likeness (QED) is 0.825. The van der Waals surface area contributed by atoms with Crippen molar-refractivity contribution in [3.63, 3.8) is 0 Å². The zero-order valence-electron chi connectivity index (χ0n) is 11.6. The van der Waals surface area contributed by atoms with Gasteiger partial charge in [0.1, 0.15) is 12.2 Å². The molecule has 0 aromatic carbocycles. The molecule has 0 atom stereocenters. The fraction of sp³-hybridized carbons (Fsp3) is 0.500. The number of aromatic nitrogens is 4.